The van der Waals surface area contributed by atoms with Crippen LogP contribution in [-0.2, 0) is 0 Å². The number of hydrogen-bond acceptors (Lipinski definition) is 4. The third kappa shape index (κ3) is 1.58. The van der Waals surface area contributed by atoms with Crippen LogP contribution in [0.4, 0.5) is 0 Å². The summed E-state index contributed by atoms with van der Waals surface area (Å²) in [6.45, 7) is 3.48. The molecule has 0 saturated heterocycles. The van der Waals surface area contributed by atoms with E-state index in [1.54, 1.807) is 0 Å². The molecule has 68 valence electrons. The molecule has 0 aromatic heterocycles. The van der Waals surface area contributed by atoms with Crippen LogP contribution in [0.2, 0.25) is 0 Å². The van der Waals surface area contributed by atoms with Crippen molar-refractivity contribution in [3.63, 3.8) is 0 Å². The molecule has 12 heavy (non-hydrogen) atoms. The van der Waals surface area contributed by atoms with Gasteiger partial charge in [-0.1, -0.05) is 0 Å². The Morgan fingerprint density at radius 3 is 2.67 bits per heavy atom. The number of allylic oxidation sites excluding steroid dienone is 1. The van der Waals surface area contributed by atoms with Crippen LogP contribution in [0.15, 0.2) is 16.4 Å². The molecule has 0 bridgehead atoms. The fourth-order valence-electron chi connectivity index (χ4n) is 1.58. The van der Waals surface area contributed by atoms with Crippen molar-refractivity contribution in [2.24, 2.45) is 16.7 Å². The lowest BCUT2D eigenvalue weighted by molar-refractivity contribution is 0.448. The van der Waals surface area contributed by atoms with Gasteiger partial charge in [0.15, 0.2) is 0 Å². The molecule has 0 aliphatic carbocycles. The Bertz CT molecular complexity index is 229. The zero-order valence-corrected chi connectivity index (χ0v) is 7.67. The fraction of sp³-hybridized carbons (Fsp3) is 0.625. The van der Waals surface area contributed by atoms with E-state index in [0.717, 1.165) is 18.7 Å². The van der Waals surface area contributed by atoms with Gasteiger partial charge in [-0.25, -0.2) is 0 Å². The highest BCUT2D eigenvalue weighted by atomic mass is 15.2. The van der Waals surface area contributed by atoms with E-state index in [4.69, 9.17) is 11.6 Å². The Morgan fingerprint density at radius 1 is 1.58 bits per heavy atom. The second-order valence-electron chi connectivity index (χ2n) is 3.16. The Kier molecular flexibility index (Phi) is 2.70. The molecule has 4 nitrogen and oxygen atoms in total. The largest absolute Gasteiger partial charge is 0.371 e. The second-order valence-corrected chi connectivity index (χ2v) is 3.16. The number of rotatable bonds is 1. The van der Waals surface area contributed by atoms with Crippen LogP contribution >= 0.6 is 0 Å². The minimum Gasteiger partial charge on any atom is -0.371 e. The van der Waals surface area contributed by atoms with Crippen molar-refractivity contribution in [3.8, 4) is 0 Å². The van der Waals surface area contributed by atoms with E-state index >= 15 is 0 Å². The summed E-state index contributed by atoms with van der Waals surface area (Å²) in [6, 6.07) is 0. The van der Waals surface area contributed by atoms with Gasteiger partial charge in [-0.15, -0.1) is 0 Å². The molecular weight excluding hydrogens is 152 g/mol. The summed E-state index contributed by atoms with van der Waals surface area (Å²) < 4.78 is 0. The Labute approximate surface area is 72.9 Å². The highest BCUT2D eigenvalue weighted by Gasteiger charge is 2.16. The van der Waals surface area contributed by atoms with Crippen molar-refractivity contribution in [3.05, 3.63) is 11.3 Å². The summed E-state index contributed by atoms with van der Waals surface area (Å²) in [6.07, 6.45) is 0.868. The number of nitrogens with zero attached hydrogens (tertiary/aromatic N) is 2. The molecule has 0 spiro atoms. The summed E-state index contributed by atoms with van der Waals surface area (Å²) in [5.41, 5.74) is 9.10. The monoisotopic (exact) mass is 168 g/mol. The SMILES string of the molecule is CC1=C(CN)N(C)CC(=NN)C1. The van der Waals surface area contributed by atoms with Gasteiger partial charge in [0, 0.05) is 25.7 Å². The summed E-state index contributed by atoms with van der Waals surface area (Å²) in [7, 11) is 2.01. The smallest absolute Gasteiger partial charge is 0.0609 e. The molecular formula is C8H16N4. The van der Waals surface area contributed by atoms with Gasteiger partial charge in [0.05, 0.1) is 12.3 Å². The molecule has 0 aromatic carbocycles. The zero-order valence-electron chi connectivity index (χ0n) is 7.67. The van der Waals surface area contributed by atoms with Crippen molar-refractivity contribution < 1.29 is 0 Å². The fourth-order valence-corrected chi connectivity index (χ4v) is 1.58. The molecule has 1 rings (SSSR count). The van der Waals surface area contributed by atoms with Crippen molar-refractivity contribution in [1.29, 1.82) is 0 Å². The van der Waals surface area contributed by atoms with E-state index in [9.17, 15) is 0 Å². The molecule has 1 aliphatic heterocycles. The van der Waals surface area contributed by atoms with Gasteiger partial charge in [0.25, 0.3) is 0 Å². The molecule has 4 N–H and O–H groups in total. The maximum absolute atomic E-state index is 5.60. The highest BCUT2D eigenvalue weighted by Crippen LogP contribution is 2.17. The van der Waals surface area contributed by atoms with Gasteiger partial charge in [0.1, 0.15) is 0 Å². The minimum atomic E-state index is 0.597. The molecule has 4 heteroatoms. The van der Waals surface area contributed by atoms with Crippen LogP contribution in [0.5, 0.6) is 0 Å². The lowest BCUT2D eigenvalue weighted by Gasteiger charge is -2.29. The highest BCUT2D eigenvalue weighted by molar-refractivity contribution is 5.89. The third-order valence-corrected chi connectivity index (χ3v) is 2.22. The zero-order chi connectivity index (χ0) is 9.14. The first kappa shape index (κ1) is 9.06. The van der Waals surface area contributed by atoms with Crippen molar-refractivity contribution in [2.75, 3.05) is 20.1 Å². The Balaban J connectivity index is 2.86. The molecule has 0 radical (unpaired) electrons. The van der Waals surface area contributed by atoms with Crippen LogP contribution in [0.1, 0.15) is 13.3 Å². The van der Waals surface area contributed by atoms with Gasteiger partial charge in [-0.3, -0.25) is 0 Å². The number of hydrazone groups is 1. The molecule has 0 saturated carbocycles. The van der Waals surface area contributed by atoms with Crippen molar-refractivity contribution in [1.82, 2.24) is 4.90 Å². The molecule has 1 heterocycles. The van der Waals surface area contributed by atoms with Crippen LogP contribution in [0.3, 0.4) is 0 Å². The lowest BCUT2D eigenvalue weighted by atomic mass is 10.0. The molecule has 0 aromatic rings. The third-order valence-electron chi connectivity index (χ3n) is 2.22. The molecule has 0 unspecified atom stereocenters. The van der Waals surface area contributed by atoms with E-state index < -0.39 is 0 Å². The molecule has 0 fully saturated rings. The first-order valence-corrected chi connectivity index (χ1v) is 4.04. The van der Waals surface area contributed by atoms with Crippen molar-refractivity contribution in [2.45, 2.75) is 13.3 Å². The van der Waals surface area contributed by atoms with E-state index in [1.807, 2.05) is 7.05 Å². The molecule has 1 aliphatic rings. The first-order valence-electron chi connectivity index (χ1n) is 4.04. The van der Waals surface area contributed by atoms with Crippen LogP contribution in [-0.4, -0.2) is 30.7 Å². The summed E-state index contributed by atoms with van der Waals surface area (Å²) in [5.74, 6) is 5.22. The molecule has 0 atom stereocenters. The minimum absolute atomic E-state index is 0.597. The van der Waals surface area contributed by atoms with Crippen LogP contribution < -0.4 is 11.6 Å². The Morgan fingerprint density at radius 2 is 2.25 bits per heavy atom. The number of likely N-dealkylation sites (N-methyl/N-ethyl adjacent to an activating group) is 1. The van der Waals surface area contributed by atoms with E-state index in [-0.39, 0.29) is 0 Å². The first-order chi connectivity index (χ1) is 5.69. The van der Waals surface area contributed by atoms with Crippen LogP contribution in [0, 0.1) is 0 Å². The maximum atomic E-state index is 5.60. The quantitative estimate of drug-likeness (QED) is 0.423. The van der Waals surface area contributed by atoms with Crippen LogP contribution in [0.25, 0.3) is 0 Å². The van der Waals surface area contributed by atoms with Gasteiger partial charge in [-0.2, -0.15) is 5.10 Å². The van der Waals surface area contributed by atoms with E-state index in [1.165, 1.54) is 11.3 Å². The van der Waals surface area contributed by atoms with Gasteiger partial charge in [-0.05, 0) is 12.5 Å². The molecule has 0 amide bonds. The standard InChI is InChI=1S/C8H16N4/c1-6-3-7(11-10)5-12(2)8(6)4-9/h3-5,9-10H2,1-2H3. The average molecular weight is 168 g/mol. The number of nitrogens with two attached hydrogens (primary N) is 2. The maximum Gasteiger partial charge on any atom is 0.0609 e. The summed E-state index contributed by atoms with van der Waals surface area (Å²) in [4.78, 5) is 2.10. The predicted molar refractivity (Wildman–Crippen MR) is 50.6 cm³/mol. The topological polar surface area (TPSA) is 67.6 Å². The van der Waals surface area contributed by atoms with Gasteiger partial charge >= 0.3 is 0 Å². The van der Waals surface area contributed by atoms with Crippen molar-refractivity contribution >= 4 is 5.71 Å². The van der Waals surface area contributed by atoms with E-state index in [2.05, 4.69) is 16.9 Å². The van der Waals surface area contributed by atoms with E-state index in [0.29, 0.717) is 6.54 Å². The normalized spacial score (nSPS) is 22.2. The lowest BCUT2D eigenvalue weighted by Crippen LogP contribution is -2.34. The van der Waals surface area contributed by atoms with Gasteiger partial charge in [0.2, 0.25) is 0 Å². The van der Waals surface area contributed by atoms with Gasteiger partial charge < -0.3 is 16.5 Å². The predicted octanol–water partition coefficient (Wildman–Crippen LogP) is -0.131. The second kappa shape index (κ2) is 3.58. The summed E-state index contributed by atoms with van der Waals surface area (Å²) >= 11 is 0. The Hall–Kier alpha value is -1.03. The average Bonchev–Trinajstić information content (AvgIpc) is 2.03. The number of hydrogen-bond donors (Lipinski definition) is 2. The summed E-state index contributed by atoms with van der Waals surface area (Å²) in [5, 5.41) is 3.72.